The Balaban J connectivity index is 1.79. The Bertz CT molecular complexity index is 1290. The number of halogens is 1. The van der Waals surface area contributed by atoms with Gasteiger partial charge in [0.05, 0.1) is 13.7 Å². The van der Waals surface area contributed by atoms with E-state index in [9.17, 15) is 23.1 Å². The van der Waals surface area contributed by atoms with Gasteiger partial charge in [0.25, 0.3) is 5.91 Å². The van der Waals surface area contributed by atoms with E-state index < -0.39 is 33.4 Å². The van der Waals surface area contributed by atoms with Gasteiger partial charge in [-0.25, -0.2) is 13.4 Å². The number of aryl methyl sites for hydroxylation is 1. The van der Waals surface area contributed by atoms with Gasteiger partial charge in [-0.05, 0) is 52.0 Å². The Morgan fingerprint density at radius 1 is 1.14 bits per heavy atom. The van der Waals surface area contributed by atoms with Gasteiger partial charge < -0.3 is 14.7 Å². The lowest BCUT2D eigenvalue weighted by atomic mass is 10.1. The summed E-state index contributed by atoms with van der Waals surface area (Å²) in [6, 6.07) is 16.5. The Labute approximate surface area is 223 Å². The van der Waals surface area contributed by atoms with E-state index in [-0.39, 0.29) is 12.2 Å². The summed E-state index contributed by atoms with van der Waals surface area (Å²) >= 11 is 4.44. The molecule has 8 nitrogen and oxygen atoms in total. The molecule has 11 heteroatoms. The van der Waals surface area contributed by atoms with Crippen molar-refractivity contribution < 1.29 is 27.9 Å². The van der Waals surface area contributed by atoms with Crippen molar-refractivity contribution in [2.24, 2.45) is 0 Å². The van der Waals surface area contributed by atoms with E-state index in [1.165, 1.54) is 12.0 Å². The van der Waals surface area contributed by atoms with E-state index in [0.29, 0.717) is 33.1 Å². The van der Waals surface area contributed by atoms with Crippen molar-refractivity contribution >= 4 is 48.8 Å². The Hall–Kier alpha value is -2.60. The first kappa shape index (κ1) is 28.0. The summed E-state index contributed by atoms with van der Waals surface area (Å²) in [5.74, 6) is -1.15. The Morgan fingerprint density at radius 2 is 1.81 bits per heavy atom. The fraction of sp³-hybridized carbons (Fsp3) is 0.320. The number of hydrogen-bond acceptors (Lipinski definition) is 8. The Kier molecular flexibility index (Phi) is 9.77. The van der Waals surface area contributed by atoms with Crippen LogP contribution in [0.2, 0.25) is 0 Å². The van der Waals surface area contributed by atoms with E-state index in [4.69, 9.17) is 4.74 Å². The molecule has 0 radical (unpaired) electrons. The number of hydrogen-bond donors (Lipinski definition) is 1. The third kappa shape index (κ3) is 7.95. The molecule has 36 heavy (non-hydrogen) atoms. The highest BCUT2D eigenvalue weighted by Gasteiger charge is 2.26. The van der Waals surface area contributed by atoms with Crippen molar-refractivity contribution in [1.29, 1.82) is 0 Å². The van der Waals surface area contributed by atoms with Gasteiger partial charge in [0.2, 0.25) is 0 Å². The highest BCUT2D eigenvalue weighted by molar-refractivity contribution is 9.11. The minimum absolute atomic E-state index is 0.0211. The van der Waals surface area contributed by atoms with Gasteiger partial charge in [0, 0.05) is 12.8 Å². The van der Waals surface area contributed by atoms with Crippen molar-refractivity contribution in [2.45, 2.75) is 25.5 Å². The summed E-state index contributed by atoms with van der Waals surface area (Å²) in [6.45, 7) is 0.418. The zero-order valence-corrected chi connectivity index (χ0v) is 23.1. The molecule has 1 amide bonds. The predicted octanol–water partition coefficient (Wildman–Crippen LogP) is 3.84. The number of aliphatic hydroxyl groups is 1. The van der Waals surface area contributed by atoms with Crippen LogP contribution in [0.1, 0.15) is 39.1 Å². The van der Waals surface area contributed by atoms with Crippen LogP contribution in [-0.2, 0) is 27.6 Å². The summed E-state index contributed by atoms with van der Waals surface area (Å²) in [7, 11) is -1.98. The van der Waals surface area contributed by atoms with Crippen molar-refractivity contribution in [1.82, 2.24) is 9.88 Å². The van der Waals surface area contributed by atoms with Crippen molar-refractivity contribution in [2.75, 3.05) is 25.7 Å². The summed E-state index contributed by atoms with van der Waals surface area (Å²) in [4.78, 5) is 31.5. The second-order valence-corrected chi connectivity index (χ2v) is 12.8. The molecule has 0 saturated carbocycles. The second-order valence-electron chi connectivity index (χ2n) is 8.25. The second kappa shape index (κ2) is 12.6. The van der Waals surface area contributed by atoms with Gasteiger partial charge in [0.15, 0.2) is 21.7 Å². The topological polar surface area (TPSA) is 114 Å². The molecule has 0 unspecified atom stereocenters. The number of thiazole rings is 1. The minimum Gasteiger partial charge on any atom is -0.497 e. The third-order valence-electron chi connectivity index (χ3n) is 5.33. The van der Waals surface area contributed by atoms with Gasteiger partial charge in [0.1, 0.15) is 26.0 Å². The van der Waals surface area contributed by atoms with Crippen LogP contribution in [0.15, 0.2) is 58.4 Å². The summed E-state index contributed by atoms with van der Waals surface area (Å²) in [6.07, 6.45) is 0.988. The molecule has 0 saturated heterocycles. The number of sulfone groups is 1. The number of ether oxygens (including phenoxy) is 1. The molecule has 3 rings (SSSR count). The van der Waals surface area contributed by atoms with Crippen LogP contribution in [0.4, 0.5) is 0 Å². The van der Waals surface area contributed by atoms with Crippen molar-refractivity contribution in [3.63, 3.8) is 0 Å². The SMILES string of the molecule is COc1ccc([C@@H](O)C(=O)N(CCCc2ccccc2)Cc2nc(C(=O)CS(C)(=O)=O)c(Br)s2)cc1. The number of aromatic nitrogens is 1. The fourth-order valence-electron chi connectivity index (χ4n) is 3.54. The molecule has 3 aromatic rings. The molecule has 1 N–H and O–H groups in total. The normalized spacial score (nSPS) is 12.2. The lowest BCUT2D eigenvalue weighted by Gasteiger charge is -2.25. The lowest BCUT2D eigenvalue weighted by molar-refractivity contribution is -0.141. The van der Waals surface area contributed by atoms with Crippen LogP contribution in [0.5, 0.6) is 5.75 Å². The summed E-state index contributed by atoms with van der Waals surface area (Å²) in [5, 5.41) is 11.3. The van der Waals surface area contributed by atoms with Crippen LogP contribution >= 0.6 is 27.3 Å². The first-order valence-corrected chi connectivity index (χ1v) is 14.7. The molecule has 192 valence electrons. The number of carbonyl (C=O) groups excluding carboxylic acids is 2. The average Bonchev–Trinajstić information content (AvgIpc) is 3.22. The zero-order valence-electron chi connectivity index (χ0n) is 19.9. The molecule has 0 fully saturated rings. The molecular formula is C25H27BrN2O6S2. The number of amides is 1. The molecule has 0 aliphatic rings. The van der Waals surface area contributed by atoms with Gasteiger partial charge in [-0.15, -0.1) is 11.3 Å². The number of aliphatic hydroxyl groups excluding tert-OH is 1. The first-order chi connectivity index (χ1) is 17.1. The molecular weight excluding hydrogens is 568 g/mol. The van der Waals surface area contributed by atoms with E-state index in [2.05, 4.69) is 20.9 Å². The third-order valence-corrected chi connectivity index (χ3v) is 7.80. The number of rotatable bonds is 12. The number of nitrogens with zero attached hydrogens (tertiary/aromatic N) is 2. The van der Waals surface area contributed by atoms with Crippen LogP contribution in [0.25, 0.3) is 0 Å². The smallest absolute Gasteiger partial charge is 0.256 e. The molecule has 0 bridgehead atoms. The average molecular weight is 596 g/mol. The summed E-state index contributed by atoms with van der Waals surface area (Å²) in [5.41, 5.74) is 1.58. The minimum atomic E-state index is -3.51. The monoisotopic (exact) mass is 594 g/mol. The van der Waals surface area contributed by atoms with E-state index >= 15 is 0 Å². The number of benzene rings is 2. The number of ketones is 1. The quantitative estimate of drug-likeness (QED) is 0.317. The summed E-state index contributed by atoms with van der Waals surface area (Å²) < 4.78 is 28.6. The van der Waals surface area contributed by atoms with Crippen LogP contribution in [0, 0.1) is 0 Å². The van der Waals surface area contributed by atoms with E-state index in [1.807, 2.05) is 30.3 Å². The molecule has 0 aliphatic heterocycles. The predicted molar refractivity (Wildman–Crippen MR) is 142 cm³/mol. The van der Waals surface area contributed by atoms with Gasteiger partial charge in [-0.1, -0.05) is 42.5 Å². The van der Waals surface area contributed by atoms with Gasteiger partial charge in [-0.2, -0.15) is 0 Å². The highest BCUT2D eigenvalue weighted by atomic mass is 79.9. The molecule has 0 spiro atoms. The molecule has 1 atom stereocenters. The van der Waals surface area contributed by atoms with Gasteiger partial charge >= 0.3 is 0 Å². The standard InChI is InChI=1S/C25H27BrN2O6S2/c1-34-19-12-10-18(11-13-19)23(30)25(31)28(14-6-9-17-7-4-3-5-8-17)15-21-27-22(24(26)35-21)20(29)16-36(2,32)33/h3-5,7-8,10-13,23,30H,6,9,14-16H2,1-2H3/t23-/m1/s1. The zero-order chi connectivity index (χ0) is 26.3. The maximum atomic E-state index is 13.3. The number of methoxy groups -OCH3 is 1. The van der Waals surface area contributed by atoms with Crippen molar-refractivity contribution in [3.8, 4) is 5.75 Å². The van der Waals surface area contributed by atoms with Crippen LogP contribution < -0.4 is 4.74 Å². The first-order valence-electron chi connectivity index (χ1n) is 11.1. The molecule has 1 aromatic heterocycles. The van der Waals surface area contributed by atoms with Crippen LogP contribution in [-0.4, -0.2) is 60.8 Å². The fourth-order valence-corrected chi connectivity index (χ4v) is 5.84. The van der Waals surface area contributed by atoms with Crippen LogP contribution in [0.3, 0.4) is 0 Å². The Morgan fingerprint density at radius 3 is 2.42 bits per heavy atom. The lowest BCUT2D eigenvalue weighted by Crippen LogP contribution is -2.35. The largest absolute Gasteiger partial charge is 0.497 e. The maximum absolute atomic E-state index is 13.3. The van der Waals surface area contributed by atoms with E-state index in [0.717, 1.165) is 29.6 Å². The van der Waals surface area contributed by atoms with E-state index in [1.54, 1.807) is 24.3 Å². The highest BCUT2D eigenvalue weighted by Crippen LogP contribution is 2.28. The molecule has 2 aromatic carbocycles. The number of carbonyl (C=O) groups is 2. The molecule has 0 aliphatic carbocycles. The number of Topliss-reactive ketones (excluding diaryl/α,β-unsaturated/α-hetero) is 1. The van der Waals surface area contributed by atoms with Crippen molar-refractivity contribution in [3.05, 3.63) is 80.2 Å². The molecule has 1 heterocycles. The van der Waals surface area contributed by atoms with Gasteiger partial charge in [-0.3, -0.25) is 9.59 Å². The maximum Gasteiger partial charge on any atom is 0.256 e.